The number of para-hydroxylation sites is 1. The molecule has 0 atom stereocenters. The molecular weight excluding hydrogens is 430 g/mol. The minimum atomic E-state index is 0.613. The van der Waals surface area contributed by atoms with Gasteiger partial charge in [0.2, 0.25) is 0 Å². The molecule has 0 unspecified atom stereocenters. The predicted octanol–water partition coefficient (Wildman–Crippen LogP) is 7.51. The number of benzene rings is 2. The summed E-state index contributed by atoms with van der Waals surface area (Å²) in [6.07, 6.45) is 3.45. The van der Waals surface area contributed by atoms with Crippen LogP contribution in [0.2, 0.25) is 5.02 Å². The first kappa shape index (κ1) is 19.0. The van der Waals surface area contributed by atoms with Gasteiger partial charge in [-0.05, 0) is 59.8 Å². The maximum absolute atomic E-state index is 9.74. The van der Waals surface area contributed by atoms with E-state index >= 15 is 0 Å². The van der Waals surface area contributed by atoms with Crippen LogP contribution in [-0.4, -0.2) is 8.96 Å². The van der Waals surface area contributed by atoms with Gasteiger partial charge in [-0.15, -0.1) is 11.3 Å². The SMILES string of the molecule is N#Cc1ccncc1-c1c(-c2cccs2)n(Sc2ccc(Cl)cc2)c2ccccc12. The summed E-state index contributed by atoms with van der Waals surface area (Å²) in [6.45, 7) is 0. The number of thiophene rings is 1. The van der Waals surface area contributed by atoms with Crippen LogP contribution in [-0.2, 0) is 0 Å². The lowest BCUT2D eigenvalue weighted by Crippen LogP contribution is -1.92. The second-order valence-electron chi connectivity index (χ2n) is 6.59. The van der Waals surface area contributed by atoms with Gasteiger partial charge in [-0.3, -0.25) is 8.96 Å². The van der Waals surface area contributed by atoms with Crippen LogP contribution < -0.4 is 0 Å². The summed E-state index contributed by atoms with van der Waals surface area (Å²) in [5.74, 6) is 0. The largest absolute Gasteiger partial charge is 0.278 e. The molecule has 6 heteroatoms. The molecule has 3 heterocycles. The molecule has 0 fully saturated rings. The number of pyridine rings is 1. The molecule has 2 aromatic carbocycles. The number of rotatable bonds is 4. The lowest BCUT2D eigenvalue weighted by atomic mass is 9.99. The average molecular weight is 444 g/mol. The molecule has 0 N–H and O–H groups in total. The molecule has 3 nitrogen and oxygen atoms in total. The van der Waals surface area contributed by atoms with Crippen LogP contribution >= 0.6 is 34.9 Å². The summed E-state index contributed by atoms with van der Waals surface area (Å²) in [5, 5.41) is 13.6. The van der Waals surface area contributed by atoms with Gasteiger partial charge >= 0.3 is 0 Å². The Balaban J connectivity index is 1.85. The first-order valence-corrected chi connectivity index (χ1v) is 11.2. The Labute approximate surface area is 187 Å². The van der Waals surface area contributed by atoms with Gasteiger partial charge in [0, 0.05) is 38.8 Å². The molecule has 0 aliphatic heterocycles. The van der Waals surface area contributed by atoms with Gasteiger partial charge in [0.25, 0.3) is 0 Å². The summed E-state index contributed by atoms with van der Waals surface area (Å²) in [4.78, 5) is 6.54. The maximum atomic E-state index is 9.74. The van der Waals surface area contributed by atoms with Crippen LogP contribution in [0.4, 0.5) is 0 Å². The van der Waals surface area contributed by atoms with E-state index in [9.17, 15) is 5.26 Å². The first-order valence-electron chi connectivity index (χ1n) is 9.22. The number of aromatic nitrogens is 2. The highest BCUT2D eigenvalue weighted by atomic mass is 35.5. The van der Waals surface area contributed by atoms with Crippen molar-refractivity contribution in [3.63, 3.8) is 0 Å². The molecule has 0 bridgehead atoms. The highest BCUT2D eigenvalue weighted by molar-refractivity contribution is 7.98. The lowest BCUT2D eigenvalue weighted by Gasteiger charge is -2.11. The number of fused-ring (bicyclic) bond motifs is 1. The Kier molecular flexibility index (Phi) is 5.06. The standard InChI is InChI=1S/C24H14ClN3S2/c25-17-7-9-18(10-8-17)30-28-21-5-2-1-4-19(21)23(24(28)22-6-3-13-29-22)20-15-27-12-11-16(20)14-26/h1-13,15H. The predicted molar refractivity (Wildman–Crippen MR) is 126 cm³/mol. The Bertz CT molecular complexity index is 1380. The van der Waals surface area contributed by atoms with Crippen LogP contribution in [0.25, 0.3) is 32.6 Å². The van der Waals surface area contributed by atoms with Gasteiger partial charge < -0.3 is 0 Å². The Hall–Kier alpha value is -3.04. The molecule has 144 valence electrons. The van der Waals surface area contributed by atoms with E-state index in [2.05, 4.69) is 38.6 Å². The summed E-state index contributed by atoms with van der Waals surface area (Å²) >= 11 is 9.41. The zero-order valence-corrected chi connectivity index (χ0v) is 18.0. The Morgan fingerprint density at radius 2 is 1.83 bits per heavy atom. The van der Waals surface area contributed by atoms with E-state index in [0.29, 0.717) is 10.6 Å². The number of nitriles is 1. The van der Waals surface area contributed by atoms with Crippen molar-refractivity contribution < 1.29 is 0 Å². The molecule has 0 amide bonds. The van der Waals surface area contributed by atoms with Gasteiger partial charge in [-0.1, -0.05) is 35.9 Å². The molecule has 5 aromatic rings. The van der Waals surface area contributed by atoms with Crippen molar-refractivity contribution in [2.45, 2.75) is 4.90 Å². The Morgan fingerprint density at radius 3 is 2.60 bits per heavy atom. The minimum absolute atomic E-state index is 0.613. The highest BCUT2D eigenvalue weighted by Gasteiger charge is 2.23. The van der Waals surface area contributed by atoms with E-state index in [0.717, 1.165) is 37.5 Å². The molecule has 0 saturated heterocycles. The lowest BCUT2D eigenvalue weighted by molar-refractivity contribution is 1.30. The smallest absolute Gasteiger partial charge is 0.0999 e. The van der Waals surface area contributed by atoms with Crippen LogP contribution in [0.15, 0.2) is 89.4 Å². The average Bonchev–Trinajstić information content (AvgIpc) is 3.42. The van der Waals surface area contributed by atoms with Crippen molar-refractivity contribution in [3.8, 4) is 27.8 Å². The fourth-order valence-corrected chi connectivity index (χ4v) is 5.46. The van der Waals surface area contributed by atoms with Gasteiger partial charge in [0.15, 0.2) is 0 Å². The Morgan fingerprint density at radius 1 is 1.00 bits per heavy atom. The van der Waals surface area contributed by atoms with Crippen molar-refractivity contribution in [1.29, 1.82) is 5.26 Å². The second-order valence-corrected chi connectivity index (χ2v) is 8.99. The second kappa shape index (κ2) is 8.00. The van der Waals surface area contributed by atoms with Crippen LogP contribution in [0.3, 0.4) is 0 Å². The fraction of sp³-hybridized carbons (Fsp3) is 0. The van der Waals surface area contributed by atoms with Gasteiger partial charge in [-0.2, -0.15) is 5.26 Å². The number of hydrogen-bond donors (Lipinski definition) is 0. The van der Waals surface area contributed by atoms with Crippen LogP contribution in [0, 0.1) is 11.3 Å². The summed E-state index contributed by atoms with van der Waals surface area (Å²) in [5.41, 5.74) is 4.63. The van der Waals surface area contributed by atoms with E-state index < -0.39 is 0 Å². The fourth-order valence-electron chi connectivity index (χ4n) is 3.51. The maximum Gasteiger partial charge on any atom is 0.0999 e. The normalized spacial score (nSPS) is 10.9. The summed E-state index contributed by atoms with van der Waals surface area (Å²) < 4.78 is 2.24. The third kappa shape index (κ3) is 3.29. The molecular formula is C24H14ClN3S2. The molecule has 0 spiro atoms. The highest BCUT2D eigenvalue weighted by Crippen LogP contribution is 2.46. The molecule has 3 aromatic heterocycles. The number of halogens is 1. The molecule has 0 aliphatic carbocycles. The number of hydrogen-bond acceptors (Lipinski definition) is 4. The van der Waals surface area contributed by atoms with Crippen LogP contribution in [0.5, 0.6) is 0 Å². The molecule has 0 aliphatic rings. The molecule has 30 heavy (non-hydrogen) atoms. The van der Waals surface area contributed by atoms with Gasteiger partial charge in [-0.25, -0.2) is 0 Å². The zero-order chi connectivity index (χ0) is 20.5. The van der Waals surface area contributed by atoms with Crippen LogP contribution in [0.1, 0.15) is 5.56 Å². The molecule has 5 rings (SSSR count). The molecule has 0 radical (unpaired) electrons. The van der Waals surface area contributed by atoms with Crippen molar-refractivity contribution in [3.05, 3.63) is 95.1 Å². The summed E-state index contributed by atoms with van der Waals surface area (Å²) in [7, 11) is 0. The topological polar surface area (TPSA) is 41.6 Å². The monoisotopic (exact) mass is 443 g/mol. The quantitative estimate of drug-likeness (QED) is 0.288. The van der Waals surface area contributed by atoms with E-state index in [-0.39, 0.29) is 0 Å². The zero-order valence-electron chi connectivity index (χ0n) is 15.6. The van der Waals surface area contributed by atoms with E-state index in [1.54, 1.807) is 41.7 Å². The molecule has 0 saturated carbocycles. The van der Waals surface area contributed by atoms with E-state index in [1.807, 2.05) is 42.5 Å². The van der Waals surface area contributed by atoms with Crippen molar-refractivity contribution in [2.75, 3.05) is 0 Å². The van der Waals surface area contributed by atoms with Gasteiger partial charge in [0.05, 0.1) is 27.7 Å². The van der Waals surface area contributed by atoms with Crippen molar-refractivity contribution in [2.24, 2.45) is 0 Å². The third-order valence-electron chi connectivity index (χ3n) is 4.81. The third-order valence-corrected chi connectivity index (χ3v) is 6.98. The minimum Gasteiger partial charge on any atom is -0.278 e. The van der Waals surface area contributed by atoms with E-state index in [1.165, 1.54) is 0 Å². The number of nitrogens with zero attached hydrogens (tertiary/aromatic N) is 3. The van der Waals surface area contributed by atoms with Gasteiger partial charge in [0.1, 0.15) is 0 Å². The summed E-state index contributed by atoms with van der Waals surface area (Å²) in [6, 6.07) is 24.4. The van der Waals surface area contributed by atoms with E-state index in [4.69, 9.17) is 11.6 Å². The van der Waals surface area contributed by atoms with Crippen molar-refractivity contribution in [1.82, 2.24) is 8.96 Å². The first-order chi connectivity index (χ1) is 14.8. The van der Waals surface area contributed by atoms with Crippen molar-refractivity contribution >= 4 is 45.8 Å².